The molecule has 1 N–H and O–H groups in total. The predicted octanol–water partition coefficient (Wildman–Crippen LogP) is 2.54. The maximum atomic E-state index is 3.47. The van der Waals surface area contributed by atoms with Gasteiger partial charge >= 0.3 is 0 Å². The molecule has 1 atom stereocenters. The summed E-state index contributed by atoms with van der Waals surface area (Å²) >= 11 is 0. The summed E-state index contributed by atoms with van der Waals surface area (Å²) in [5.41, 5.74) is 2.97. The fraction of sp³-hybridized carbons (Fsp3) is 0.538. The molecule has 14 heavy (non-hydrogen) atoms. The Morgan fingerprint density at radius 2 is 2.21 bits per heavy atom. The van der Waals surface area contributed by atoms with Gasteiger partial charge < -0.3 is 5.32 Å². The Bertz CT molecular complexity index is 287. The summed E-state index contributed by atoms with van der Waals surface area (Å²) in [6, 6.07) is 8.76. The molecular weight excluding hydrogens is 170 g/mol. The van der Waals surface area contributed by atoms with Crippen molar-refractivity contribution in [2.75, 3.05) is 13.1 Å². The Labute approximate surface area is 86.5 Å². The molecule has 1 aromatic rings. The molecule has 1 heteroatoms. The molecule has 76 valence electrons. The molecule has 1 unspecified atom stereocenters. The van der Waals surface area contributed by atoms with Crippen LogP contribution in [0.1, 0.15) is 24.0 Å². The second kappa shape index (κ2) is 4.61. The van der Waals surface area contributed by atoms with Crippen LogP contribution in [-0.2, 0) is 6.42 Å². The smallest absolute Gasteiger partial charge is 0.00173 e. The van der Waals surface area contributed by atoms with E-state index in [1.54, 1.807) is 0 Å². The summed E-state index contributed by atoms with van der Waals surface area (Å²) in [5, 5.41) is 3.47. The van der Waals surface area contributed by atoms with Crippen molar-refractivity contribution in [3.05, 3.63) is 35.4 Å². The van der Waals surface area contributed by atoms with Crippen molar-refractivity contribution >= 4 is 0 Å². The number of piperidine rings is 1. The summed E-state index contributed by atoms with van der Waals surface area (Å²) in [6.07, 6.45) is 3.98. The Morgan fingerprint density at radius 3 is 2.93 bits per heavy atom. The maximum Gasteiger partial charge on any atom is -0.00173 e. The molecule has 0 saturated carbocycles. The fourth-order valence-corrected chi connectivity index (χ4v) is 2.25. The Morgan fingerprint density at radius 1 is 1.36 bits per heavy atom. The zero-order chi connectivity index (χ0) is 9.80. The van der Waals surface area contributed by atoms with Crippen LogP contribution in [0.15, 0.2) is 24.3 Å². The van der Waals surface area contributed by atoms with E-state index in [0.717, 1.165) is 5.92 Å². The first kappa shape index (κ1) is 9.72. The topological polar surface area (TPSA) is 12.0 Å². The number of rotatable bonds is 2. The van der Waals surface area contributed by atoms with Crippen LogP contribution in [0, 0.1) is 12.8 Å². The lowest BCUT2D eigenvalue weighted by Crippen LogP contribution is -2.30. The van der Waals surface area contributed by atoms with E-state index in [2.05, 4.69) is 36.5 Å². The lowest BCUT2D eigenvalue weighted by Gasteiger charge is -2.23. The molecule has 0 aliphatic carbocycles. The minimum absolute atomic E-state index is 0.852. The van der Waals surface area contributed by atoms with Crippen LogP contribution < -0.4 is 5.32 Å². The van der Waals surface area contributed by atoms with E-state index in [-0.39, 0.29) is 0 Å². The molecule has 0 aromatic heterocycles. The van der Waals surface area contributed by atoms with Gasteiger partial charge in [-0.3, -0.25) is 0 Å². The monoisotopic (exact) mass is 189 g/mol. The Balaban J connectivity index is 1.99. The third-order valence-electron chi connectivity index (χ3n) is 3.17. The molecule has 1 heterocycles. The van der Waals surface area contributed by atoms with Gasteiger partial charge in [-0.05, 0) is 56.3 Å². The number of hydrogen-bond acceptors (Lipinski definition) is 1. The standard InChI is InChI=1S/C13H19N/c1-11-5-2-3-7-13(11)9-12-6-4-8-14-10-12/h2-3,5,7,12,14H,4,6,8-10H2,1H3. The number of aryl methyl sites for hydroxylation is 1. The zero-order valence-corrected chi connectivity index (χ0v) is 8.92. The van der Waals surface area contributed by atoms with Gasteiger partial charge in [0.2, 0.25) is 0 Å². The normalized spacial score (nSPS) is 22.2. The highest BCUT2D eigenvalue weighted by Crippen LogP contribution is 2.18. The van der Waals surface area contributed by atoms with Gasteiger partial charge in [0.1, 0.15) is 0 Å². The van der Waals surface area contributed by atoms with Crippen LogP contribution in [0.25, 0.3) is 0 Å². The van der Waals surface area contributed by atoms with E-state index in [0.29, 0.717) is 0 Å². The van der Waals surface area contributed by atoms with Gasteiger partial charge in [-0.1, -0.05) is 24.3 Å². The third kappa shape index (κ3) is 2.36. The van der Waals surface area contributed by atoms with Gasteiger partial charge in [0.15, 0.2) is 0 Å². The summed E-state index contributed by atoms with van der Waals surface area (Å²) in [7, 11) is 0. The largest absolute Gasteiger partial charge is 0.316 e. The second-order valence-electron chi connectivity index (χ2n) is 4.34. The first-order chi connectivity index (χ1) is 6.86. The van der Waals surface area contributed by atoms with E-state index in [1.165, 1.54) is 43.5 Å². The lowest BCUT2D eigenvalue weighted by molar-refractivity contribution is 0.375. The SMILES string of the molecule is Cc1ccccc1CC1CCCNC1. The molecule has 1 saturated heterocycles. The van der Waals surface area contributed by atoms with Gasteiger partial charge in [0.05, 0.1) is 0 Å². The summed E-state index contributed by atoms with van der Waals surface area (Å²) in [4.78, 5) is 0. The van der Waals surface area contributed by atoms with Crippen molar-refractivity contribution in [1.82, 2.24) is 5.32 Å². The van der Waals surface area contributed by atoms with Gasteiger partial charge in [0.25, 0.3) is 0 Å². The summed E-state index contributed by atoms with van der Waals surface area (Å²) < 4.78 is 0. The van der Waals surface area contributed by atoms with Crippen LogP contribution in [0.5, 0.6) is 0 Å². The molecule has 0 spiro atoms. The van der Waals surface area contributed by atoms with E-state index in [1.807, 2.05) is 0 Å². The average molecular weight is 189 g/mol. The Kier molecular flexibility index (Phi) is 3.20. The summed E-state index contributed by atoms with van der Waals surface area (Å²) in [6.45, 7) is 4.63. The van der Waals surface area contributed by atoms with E-state index in [9.17, 15) is 0 Å². The van der Waals surface area contributed by atoms with Crippen LogP contribution >= 0.6 is 0 Å². The Hall–Kier alpha value is -0.820. The van der Waals surface area contributed by atoms with E-state index in [4.69, 9.17) is 0 Å². The first-order valence-electron chi connectivity index (χ1n) is 5.61. The van der Waals surface area contributed by atoms with Gasteiger partial charge in [0, 0.05) is 0 Å². The number of nitrogens with one attached hydrogen (secondary N) is 1. The highest BCUT2D eigenvalue weighted by atomic mass is 14.9. The molecule has 0 amide bonds. The van der Waals surface area contributed by atoms with Crippen LogP contribution in [0.3, 0.4) is 0 Å². The van der Waals surface area contributed by atoms with E-state index >= 15 is 0 Å². The van der Waals surface area contributed by atoms with Crippen molar-refractivity contribution < 1.29 is 0 Å². The fourth-order valence-electron chi connectivity index (χ4n) is 2.25. The van der Waals surface area contributed by atoms with Crippen LogP contribution in [-0.4, -0.2) is 13.1 Å². The van der Waals surface area contributed by atoms with Crippen molar-refractivity contribution in [2.45, 2.75) is 26.2 Å². The predicted molar refractivity (Wildman–Crippen MR) is 60.5 cm³/mol. The highest BCUT2D eigenvalue weighted by molar-refractivity contribution is 5.26. The maximum absolute atomic E-state index is 3.47. The molecule has 1 aliphatic heterocycles. The average Bonchev–Trinajstić information content (AvgIpc) is 2.23. The number of hydrogen-bond donors (Lipinski definition) is 1. The van der Waals surface area contributed by atoms with E-state index < -0.39 is 0 Å². The number of benzene rings is 1. The van der Waals surface area contributed by atoms with Gasteiger partial charge in [-0.15, -0.1) is 0 Å². The van der Waals surface area contributed by atoms with Crippen LogP contribution in [0.2, 0.25) is 0 Å². The minimum atomic E-state index is 0.852. The molecule has 1 nitrogen and oxygen atoms in total. The lowest BCUT2D eigenvalue weighted by atomic mass is 9.91. The quantitative estimate of drug-likeness (QED) is 0.754. The molecule has 1 aliphatic rings. The third-order valence-corrected chi connectivity index (χ3v) is 3.17. The second-order valence-corrected chi connectivity index (χ2v) is 4.34. The van der Waals surface area contributed by atoms with Crippen molar-refractivity contribution in [2.24, 2.45) is 5.92 Å². The molecule has 1 fully saturated rings. The molecule has 0 bridgehead atoms. The van der Waals surface area contributed by atoms with Crippen LogP contribution in [0.4, 0.5) is 0 Å². The van der Waals surface area contributed by atoms with Gasteiger partial charge in [-0.2, -0.15) is 0 Å². The molecule has 1 aromatic carbocycles. The minimum Gasteiger partial charge on any atom is -0.316 e. The van der Waals surface area contributed by atoms with Crippen molar-refractivity contribution in [1.29, 1.82) is 0 Å². The van der Waals surface area contributed by atoms with Crippen molar-refractivity contribution in [3.63, 3.8) is 0 Å². The first-order valence-corrected chi connectivity index (χ1v) is 5.61. The molecule has 0 radical (unpaired) electrons. The molecular formula is C13H19N. The van der Waals surface area contributed by atoms with Gasteiger partial charge in [-0.25, -0.2) is 0 Å². The zero-order valence-electron chi connectivity index (χ0n) is 8.92. The van der Waals surface area contributed by atoms with Crippen molar-refractivity contribution in [3.8, 4) is 0 Å². The molecule has 2 rings (SSSR count). The highest BCUT2D eigenvalue weighted by Gasteiger charge is 2.13. The summed E-state index contributed by atoms with van der Waals surface area (Å²) in [5.74, 6) is 0.852.